The fourth-order valence-electron chi connectivity index (χ4n) is 2.89. The van der Waals surface area contributed by atoms with Crippen molar-refractivity contribution in [2.24, 2.45) is 4.99 Å². The molecule has 2 N–H and O–H groups in total. The third kappa shape index (κ3) is 5.45. The summed E-state index contributed by atoms with van der Waals surface area (Å²) in [6.07, 6.45) is 2.68. The molecule has 0 spiro atoms. The third-order valence-electron chi connectivity index (χ3n) is 4.61. The van der Waals surface area contributed by atoms with Crippen LogP contribution in [0.5, 0.6) is 0 Å². The molecule has 1 fully saturated rings. The minimum atomic E-state index is 0.502. The average Bonchev–Trinajstić information content (AvgIpc) is 3.05. The molecule has 0 aromatic carbocycles. The first kappa shape index (κ1) is 18.7. The van der Waals surface area contributed by atoms with Crippen LogP contribution < -0.4 is 10.6 Å². The van der Waals surface area contributed by atoms with Crippen molar-refractivity contribution in [3.05, 3.63) is 12.2 Å². The Hall–Kier alpha value is -1.67. The summed E-state index contributed by atoms with van der Waals surface area (Å²) in [7, 11) is 4.00. The Labute approximate surface area is 145 Å². The molecule has 0 amide bonds. The van der Waals surface area contributed by atoms with E-state index >= 15 is 0 Å². The Kier molecular flexibility index (Phi) is 7.45. The van der Waals surface area contributed by atoms with Crippen molar-refractivity contribution in [3.8, 4) is 0 Å². The lowest BCUT2D eigenvalue weighted by Crippen LogP contribution is -2.52. The number of nitrogens with zero attached hydrogens (tertiary/aromatic N) is 6. The summed E-state index contributed by atoms with van der Waals surface area (Å²) in [6, 6.07) is 0.502. The number of guanidine groups is 1. The van der Waals surface area contributed by atoms with E-state index in [0.29, 0.717) is 6.04 Å². The zero-order valence-electron chi connectivity index (χ0n) is 15.5. The number of aromatic nitrogens is 3. The van der Waals surface area contributed by atoms with E-state index in [4.69, 9.17) is 0 Å². The van der Waals surface area contributed by atoms with Crippen molar-refractivity contribution in [1.29, 1.82) is 0 Å². The maximum Gasteiger partial charge on any atom is 0.191 e. The van der Waals surface area contributed by atoms with Crippen molar-refractivity contribution in [1.82, 2.24) is 35.2 Å². The molecule has 1 atom stereocenters. The van der Waals surface area contributed by atoms with Crippen LogP contribution in [0.15, 0.2) is 11.3 Å². The molecule has 2 heterocycles. The molecule has 1 aromatic heterocycles. The lowest BCUT2D eigenvalue weighted by atomic mass is 10.2. The molecule has 0 aliphatic carbocycles. The van der Waals surface area contributed by atoms with Crippen LogP contribution in [-0.2, 0) is 13.0 Å². The van der Waals surface area contributed by atoms with Crippen molar-refractivity contribution in [3.63, 3.8) is 0 Å². The van der Waals surface area contributed by atoms with E-state index in [9.17, 15) is 0 Å². The van der Waals surface area contributed by atoms with Gasteiger partial charge in [0.05, 0.1) is 0 Å². The number of hydrogen-bond donors (Lipinski definition) is 2. The van der Waals surface area contributed by atoms with Gasteiger partial charge in [0.1, 0.15) is 12.2 Å². The summed E-state index contributed by atoms with van der Waals surface area (Å²) in [5.41, 5.74) is 0. The van der Waals surface area contributed by atoms with Crippen LogP contribution in [-0.4, -0.2) is 89.9 Å². The number of piperazine rings is 1. The normalized spacial score (nSPS) is 18.6. The van der Waals surface area contributed by atoms with Gasteiger partial charge in [-0.15, -0.1) is 10.2 Å². The van der Waals surface area contributed by atoms with Crippen LogP contribution in [0.2, 0.25) is 0 Å². The molecule has 24 heavy (non-hydrogen) atoms. The maximum absolute atomic E-state index is 4.31. The van der Waals surface area contributed by atoms with Gasteiger partial charge in [0.2, 0.25) is 0 Å². The van der Waals surface area contributed by atoms with Gasteiger partial charge in [-0.25, -0.2) is 0 Å². The maximum atomic E-state index is 4.31. The van der Waals surface area contributed by atoms with Gasteiger partial charge in [-0.05, 0) is 14.0 Å². The molecule has 8 nitrogen and oxygen atoms in total. The Balaban J connectivity index is 1.68. The van der Waals surface area contributed by atoms with Crippen molar-refractivity contribution < 1.29 is 0 Å². The van der Waals surface area contributed by atoms with Gasteiger partial charge in [-0.2, -0.15) is 0 Å². The molecule has 136 valence electrons. The predicted molar refractivity (Wildman–Crippen MR) is 97.3 cm³/mol. The lowest BCUT2D eigenvalue weighted by Gasteiger charge is -2.36. The second-order valence-electron chi connectivity index (χ2n) is 6.36. The first-order valence-electron chi connectivity index (χ1n) is 8.87. The van der Waals surface area contributed by atoms with E-state index in [1.54, 1.807) is 6.33 Å². The highest BCUT2D eigenvalue weighted by molar-refractivity contribution is 5.79. The quantitative estimate of drug-likeness (QED) is 0.523. The zero-order valence-corrected chi connectivity index (χ0v) is 15.5. The summed E-state index contributed by atoms with van der Waals surface area (Å²) in [4.78, 5) is 9.22. The molecule has 1 aliphatic heterocycles. The van der Waals surface area contributed by atoms with Crippen LogP contribution in [0.1, 0.15) is 19.7 Å². The van der Waals surface area contributed by atoms with Gasteiger partial charge in [0, 0.05) is 65.3 Å². The minimum Gasteiger partial charge on any atom is -0.355 e. The van der Waals surface area contributed by atoms with Gasteiger partial charge in [-0.1, -0.05) is 6.92 Å². The Bertz CT molecular complexity index is 504. The van der Waals surface area contributed by atoms with Crippen molar-refractivity contribution in [2.45, 2.75) is 32.9 Å². The summed E-state index contributed by atoms with van der Waals surface area (Å²) in [6.45, 7) is 11.5. The van der Waals surface area contributed by atoms with Gasteiger partial charge >= 0.3 is 0 Å². The van der Waals surface area contributed by atoms with E-state index in [0.717, 1.165) is 64.0 Å². The molecule has 1 saturated heterocycles. The van der Waals surface area contributed by atoms with Crippen LogP contribution in [0.3, 0.4) is 0 Å². The van der Waals surface area contributed by atoms with Gasteiger partial charge in [0.25, 0.3) is 0 Å². The number of nitrogens with one attached hydrogen (secondary N) is 2. The number of rotatable bonds is 7. The third-order valence-corrected chi connectivity index (χ3v) is 4.61. The fourth-order valence-corrected chi connectivity index (χ4v) is 2.89. The molecule has 0 radical (unpaired) electrons. The van der Waals surface area contributed by atoms with Crippen molar-refractivity contribution >= 4 is 5.96 Å². The molecule has 0 bridgehead atoms. The van der Waals surface area contributed by atoms with Gasteiger partial charge in [-0.3, -0.25) is 9.89 Å². The Morgan fingerprint density at radius 2 is 2.04 bits per heavy atom. The zero-order chi connectivity index (χ0) is 17.4. The molecule has 1 unspecified atom stereocenters. The number of likely N-dealkylation sites (N-methyl/N-ethyl adjacent to an activating group) is 1. The van der Waals surface area contributed by atoms with Crippen LogP contribution in [0.25, 0.3) is 0 Å². The van der Waals surface area contributed by atoms with E-state index in [1.807, 2.05) is 7.05 Å². The van der Waals surface area contributed by atoms with E-state index in [-0.39, 0.29) is 0 Å². The summed E-state index contributed by atoms with van der Waals surface area (Å²) in [5.74, 6) is 1.87. The largest absolute Gasteiger partial charge is 0.355 e. The second kappa shape index (κ2) is 9.58. The highest BCUT2D eigenvalue weighted by Gasteiger charge is 2.18. The standard InChI is InChI=1S/C16H32N8/c1-5-15-21-20-13-24(15)7-6-18-16(17-3)19-12-14(2)23-10-8-22(4)9-11-23/h13-14H,5-12H2,1-4H3,(H2,17,18,19). The van der Waals surface area contributed by atoms with Gasteiger partial charge < -0.3 is 20.1 Å². The predicted octanol–water partition coefficient (Wildman–Crippen LogP) is -0.359. The van der Waals surface area contributed by atoms with Crippen LogP contribution >= 0.6 is 0 Å². The average molecular weight is 336 g/mol. The number of hydrogen-bond acceptors (Lipinski definition) is 5. The van der Waals surface area contributed by atoms with Crippen molar-refractivity contribution in [2.75, 3.05) is 53.4 Å². The van der Waals surface area contributed by atoms with E-state index < -0.39 is 0 Å². The molecule has 8 heteroatoms. The molecule has 2 rings (SSSR count). The fraction of sp³-hybridized carbons (Fsp3) is 0.812. The monoisotopic (exact) mass is 336 g/mol. The number of aliphatic imine (C=N–C) groups is 1. The van der Waals surface area contributed by atoms with Gasteiger partial charge in [0.15, 0.2) is 5.96 Å². The van der Waals surface area contributed by atoms with E-state index in [1.165, 1.54) is 0 Å². The molecule has 1 aromatic rings. The molecular weight excluding hydrogens is 304 g/mol. The first-order chi connectivity index (χ1) is 11.6. The Morgan fingerprint density at radius 1 is 1.29 bits per heavy atom. The smallest absolute Gasteiger partial charge is 0.191 e. The highest BCUT2D eigenvalue weighted by atomic mass is 15.3. The first-order valence-corrected chi connectivity index (χ1v) is 8.87. The van der Waals surface area contributed by atoms with Crippen LogP contribution in [0, 0.1) is 0 Å². The second-order valence-corrected chi connectivity index (χ2v) is 6.36. The molecule has 1 aliphatic rings. The highest BCUT2D eigenvalue weighted by Crippen LogP contribution is 2.03. The van der Waals surface area contributed by atoms with Crippen LogP contribution in [0.4, 0.5) is 0 Å². The van der Waals surface area contributed by atoms with E-state index in [2.05, 4.69) is 61.1 Å². The summed E-state index contributed by atoms with van der Waals surface area (Å²) < 4.78 is 2.08. The lowest BCUT2D eigenvalue weighted by molar-refractivity contribution is 0.120. The topological polar surface area (TPSA) is 73.6 Å². The Morgan fingerprint density at radius 3 is 2.71 bits per heavy atom. The minimum absolute atomic E-state index is 0.502. The molecule has 0 saturated carbocycles. The molecular formula is C16H32N8. The number of aryl methyl sites for hydroxylation is 1. The summed E-state index contributed by atoms with van der Waals surface area (Å²) >= 11 is 0. The summed E-state index contributed by atoms with van der Waals surface area (Å²) in [5, 5.41) is 14.8. The SMILES string of the molecule is CCc1nncn1CCNC(=NC)NCC(C)N1CCN(C)CC1.